The third-order valence-electron chi connectivity index (χ3n) is 2.94. The van der Waals surface area contributed by atoms with Gasteiger partial charge in [0.15, 0.2) is 0 Å². The van der Waals surface area contributed by atoms with Gasteiger partial charge in [-0.25, -0.2) is 9.97 Å². The van der Waals surface area contributed by atoms with Crippen LogP contribution < -0.4 is 15.8 Å². The first kappa shape index (κ1) is 15.3. The highest BCUT2D eigenvalue weighted by molar-refractivity contribution is 5.56. The summed E-state index contributed by atoms with van der Waals surface area (Å²) in [4.78, 5) is 8.96. The fourth-order valence-corrected chi connectivity index (χ4v) is 1.91. The number of nitrogens with one attached hydrogen (secondary N) is 1. The number of nitrogens with zero attached hydrogens (tertiary/aromatic N) is 2. The number of aryl methyl sites for hydroxylation is 1. The van der Waals surface area contributed by atoms with Gasteiger partial charge in [-0.15, -0.1) is 0 Å². The van der Waals surface area contributed by atoms with E-state index in [0.29, 0.717) is 25.0 Å². The van der Waals surface area contributed by atoms with Gasteiger partial charge in [0.2, 0.25) is 5.95 Å². The molecule has 0 amide bonds. The molecular weight excluding hydrogens is 264 g/mol. The molecule has 5 nitrogen and oxygen atoms in total. The summed E-state index contributed by atoms with van der Waals surface area (Å²) in [6.07, 6.45) is 0. The van der Waals surface area contributed by atoms with E-state index in [1.165, 1.54) is 0 Å². The molecule has 5 heteroatoms. The maximum atomic E-state index is 5.51. The minimum absolute atomic E-state index is 0.367. The average molecular weight is 286 g/mol. The Balaban J connectivity index is 2.17. The van der Waals surface area contributed by atoms with Crippen LogP contribution in [-0.4, -0.2) is 23.1 Å². The molecule has 0 atom stereocenters. The van der Waals surface area contributed by atoms with Gasteiger partial charge in [-0.2, -0.15) is 0 Å². The van der Waals surface area contributed by atoms with Gasteiger partial charge in [0.1, 0.15) is 12.4 Å². The number of hydrogen-bond acceptors (Lipinski definition) is 5. The number of anilines is 2. The topological polar surface area (TPSA) is 73.1 Å². The SMILES string of the molecule is Cc1cc(C(C)C)nc(Nc2cccc(OCCN)c2)n1. The third-order valence-corrected chi connectivity index (χ3v) is 2.94. The van der Waals surface area contributed by atoms with Crippen LogP contribution >= 0.6 is 0 Å². The van der Waals surface area contributed by atoms with Crippen LogP contribution in [0.2, 0.25) is 0 Å². The zero-order valence-electron chi connectivity index (χ0n) is 12.8. The quantitative estimate of drug-likeness (QED) is 0.854. The Hall–Kier alpha value is -2.14. The van der Waals surface area contributed by atoms with Gasteiger partial charge in [0.25, 0.3) is 0 Å². The summed E-state index contributed by atoms with van der Waals surface area (Å²) in [5.41, 5.74) is 8.31. The van der Waals surface area contributed by atoms with E-state index in [-0.39, 0.29) is 0 Å². The van der Waals surface area contributed by atoms with Crippen LogP contribution in [0.1, 0.15) is 31.2 Å². The first-order chi connectivity index (χ1) is 10.1. The maximum Gasteiger partial charge on any atom is 0.227 e. The fraction of sp³-hybridized carbons (Fsp3) is 0.375. The molecule has 0 spiro atoms. The summed E-state index contributed by atoms with van der Waals surface area (Å²) in [5.74, 6) is 1.75. The van der Waals surface area contributed by atoms with E-state index in [1.807, 2.05) is 37.3 Å². The lowest BCUT2D eigenvalue weighted by atomic mass is 10.1. The van der Waals surface area contributed by atoms with Crippen LogP contribution in [0, 0.1) is 6.92 Å². The highest BCUT2D eigenvalue weighted by atomic mass is 16.5. The van der Waals surface area contributed by atoms with E-state index in [0.717, 1.165) is 22.8 Å². The van der Waals surface area contributed by atoms with Crippen molar-refractivity contribution in [1.29, 1.82) is 0 Å². The van der Waals surface area contributed by atoms with Gasteiger partial charge < -0.3 is 15.8 Å². The molecule has 0 fully saturated rings. The molecule has 3 N–H and O–H groups in total. The molecule has 0 aliphatic carbocycles. The summed E-state index contributed by atoms with van der Waals surface area (Å²) >= 11 is 0. The highest BCUT2D eigenvalue weighted by Gasteiger charge is 2.06. The Bertz CT molecular complexity index is 599. The lowest BCUT2D eigenvalue weighted by Gasteiger charge is -2.11. The molecular formula is C16H22N4O. The molecule has 0 unspecified atom stereocenters. The van der Waals surface area contributed by atoms with Crippen molar-refractivity contribution < 1.29 is 4.74 Å². The average Bonchev–Trinajstić information content (AvgIpc) is 2.45. The van der Waals surface area contributed by atoms with Crippen LogP contribution in [0.15, 0.2) is 30.3 Å². The lowest BCUT2D eigenvalue weighted by Crippen LogP contribution is -2.10. The van der Waals surface area contributed by atoms with E-state index in [4.69, 9.17) is 10.5 Å². The Morgan fingerprint density at radius 3 is 2.76 bits per heavy atom. The number of nitrogens with two attached hydrogens (primary N) is 1. The Morgan fingerprint density at radius 2 is 2.05 bits per heavy atom. The molecule has 0 radical (unpaired) electrons. The van der Waals surface area contributed by atoms with Crippen LogP contribution in [-0.2, 0) is 0 Å². The second-order valence-electron chi connectivity index (χ2n) is 5.20. The zero-order valence-corrected chi connectivity index (χ0v) is 12.8. The molecule has 112 valence electrons. The first-order valence-electron chi connectivity index (χ1n) is 7.14. The van der Waals surface area contributed by atoms with Gasteiger partial charge >= 0.3 is 0 Å². The van der Waals surface area contributed by atoms with Crippen molar-refractivity contribution in [2.24, 2.45) is 5.73 Å². The van der Waals surface area contributed by atoms with Gasteiger partial charge in [0, 0.05) is 29.7 Å². The lowest BCUT2D eigenvalue weighted by molar-refractivity contribution is 0.328. The standard InChI is InChI=1S/C16H22N4O/c1-11(2)15-9-12(3)18-16(20-15)19-13-5-4-6-14(10-13)21-8-7-17/h4-6,9-11H,7-8,17H2,1-3H3,(H,18,19,20). The number of benzene rings is 1. The van der Waals surface area contributed by atoms with Crippen molar-refractivity contribution in [2.45, 2.75) is 26.7 Å². The Kier molecular flexibility index (Phi) is 5.11. The maximum absolute atomic E-state index is 5.51. The number of hydrogen-bond donors (Lipinski definition) is 2. The van der Waals surface area contributed by atoms with Crippen molar-refractivity contribution in [1.82, 2.24) is 9.97 Å². The first-order valence-corrected chi connectivity index (χ1v) is 7.14. The fourth-order valence-electron chi connectivity index (χ4n) is 1.91. The van der Waals surface area contributed by atoms with Gasteiger partial charge in [-0.1, -0.05) is 19.9 Å². The summed E-state index contributed by atoms with van der Waals surface area (Å²) in [6, 6.07) is 9.70. The number of rotatable bonds is 6. The monoisotopic (exact) mass is 286 g/mol. The summed E-state index contributed by atoms with van der Waals surface area (Å²) in [5, 5.41) is 3.22. The molecule has 0 aliphatic heterocycles. The van der Waals surface area contributed by atoms with Gasteiger partial charge in [-0.3, -0.25) is 0 Å². The molecule has 2 aromatic rings. The molecule has 0 saturated heterocycles. The van der Waals surface area contributed by atoms with Gasteiger partial charge in [0.05, 0.1) is 0 Å². The third kappa shape index (κ3) is 4.43. The van der Waals surface area contributed by atoms with Crippen LogP contribution in [0.5, 0.6) is 5.75 Å². The predicted octanol–water partition coefficient (Wildman–Crippen LogP) is 2.99. The summed E-state index contributed by atoms with van der Waals surface area (Å²) in [6.45, 7) is 7.21. The summed E-state index contributed by atoms with van der Waals surface area (Å²) in [7, 11) is 0. The second-order valence-corrected chi connectivity index (χ2v) is 5.20. The molecule has 0 saturated carbocycles. The van der Waals surface area contributed by atoms with Crippen LogP contribution in [0.4, 0.5) is 11.6 Å². The van der Waals surface area contributed by atoms with Crippen LogP contribution in [0.25, 0.3) is 0 Å². The van der Waals surface area contributed by atoms with Crippen molar-refractivity contribution >= 4 is 11.6 Å². The molecule has 0 aliphatic rings. The number of aromatic nitrogens is 2. The van der Waals surface area contributed by atoms with E-state index in [2.05, 4.69) is 29.1 Å². The van der Waals surface area contributed by atoms with Crippen molar-refractivity contribution in [3.05, 3.63) is 41.7 Å². The van der Waals surface area contributed by atoms with Crippen molar-refractivity contribution in [3.63, 3.8) is 0 Å². The van der Waals surface area contributed by atoms with Crippen molar-refractivity contribution in [3.8, 4) is 5.75 Å². The van der Waals surface area contributed by atoms with E-state index in [1.54, 1.807) is 0 Å². The molecule has 1 aromatic carbocycles. The normalized spacial score (nSPS) is 10.7. The predicted molar refractivity (Wildman–Crippen MR) is 85.1 cm³/mol. The molecule has 1 aromatic heterocycles. The zero-order chi connectivity index (χ0) is 15.2. The van der Waals surface area contributed by atoms with Gasteiger partial charge in [-0.05, 0) is 31.0 Å². The van der Waals surface area contributed by atoms with E-state index >= 15 is 0 Å². The largest absolute Gasteiger partial charge is 0.492 e. The minimum Gasteiger partial charge on any atom is -0.492 e. The number of ether oxygens (including phenoxy) is 1. The van der Waals surface area contributed by atoms with Crippen LogP contribution in [0.3, 0.4) is 0 Å². The Labute approximate surface area is 125 Å². The highest BCUT2D eigenvalue weighted by Crippen LogP contribution is 2.21. The second kappa shape index (κ2) is 7.04. The molecule has 1 heterocycles. The Morgan fingerprint density at radius 1 is 1.24 bits per heavy atom. The van der Waals surface area contributed by atoms with E-state index < -0.39 is 0 Å². The smallest absolute Gasteiger partial charge is 0.227 e. The molecule has 2 rings (SSSR count). The minimum atomic E-state index is 0.367. The van der Waals surface area contributed by atoms with Crippen molar-refractivity contribution in [2.75, 3.05) is 18.5 Å². The van der Waals surface area contributed by atoms with E-state index in [9.17, 15) is 0 Å². The summed E-state index contributed by atoms with van der Waals surface area (Å²) < 4.78 is 5.51. The molecule has 21 heavy (non-hydrogen) atoms. The molecule has 0 bridgehead atoms.